The second kappa shape index (κ2) is 17.6. The molecule has 0 heterocycles. The minimum absolute atomic E-state index is 0. The fourth-order valence-electron chi connectivity index (χ4n) is 1.30. The van der Waals surface area contributed by atoms with Gasteiger partial charge in [-0.1, -0.05) is 19.9 Å². The van der Waals surface area contributed by atoms with Crippen molar-refractivity contribution in [2.24, 2.45) is 0 Å². The molecule has 0 aromatic carbocycles. The summed E-state index contributed by atoms with van der Waals surface area (Å²) in [6, 6.07) is 0.784. The Labute approximate surface area is 136 Å². The number of carbonyl (C=O) groups is 1. The number of hydrogen-bond donors (Lipinski definition) is 1. The molecular formula is C13H30ClNO5Si. The molecule has 0 saturated carbocycles. The lowest BCUT2D eigenvalue weighted by Gasteiger charge is -2.25. The van der Waals surface area contributed by atoms with Gasteiger partial charge in [0.05, 0.1) is 6.61 Å². The van der Waals surface area contributed by atoms with Crippen LogP contribution in [0.1, 0.15) is 19.8 Å². The molecule has 0 unspecified atom stereocenters. The van der Waals surface area contributed by atoms with E-state index >= 15 is 0 Å². The molecule has 1 N–H and O–H groups in total. The van der Waals surface area contributed by atoms with Crippen molar-refractivity contribution in [3.63, 3.8) is 0 Å². The van der Waals surface area contributed by atoms with E-state index in [1.807, 2.05) is 14.1 Å². The molecule has 128 valence electrons. The van der Waals surface area contributed by atoms with E-state index in [4.69, 9.17) is 18.0 Å². The molecule has 0 saturated heterocycles. The highest BCUT2D eigenvalue weighted by molar-refractivity contribution is 6.60. The Balaban J connectivity index is -0.000000740. The first kappa shape index (κ1) is 25.5. The number of halogens is 1. The molecule has 8 heteroatoms. The first-order chi connectivity index (χ1) is 9.55. The summed E-state index contributed by atoms with van der Waals surface area (Å²) in [7, 11) is 4.46. The SMILES string of the molecule is C=CC(=O)OCCCO[Si](CCC)(OC)OC.CNC.Cl. The van der Waals surface area contributed by atoms with Crippen molar-refractivity contribution in [3.05, 3.63) is 12.7 Å². The van der Waals surface area contributed by atoms with Crippen molar-refractivity contribution in [3.8, 4) is 0 Å². The predicted molar refractivity (Wildman–Crippen MR) is 88.8 cm³/mol. The molecule has 0 amide bonds. The van der Waals surface area contributed by atoms with Crippen molar-refractivity contribution >= 4 is 27.2 Å². The fourth-order valence-corrected chi connectivity index (χ4v) is 3.32. The van der Waals surface area contributed by atoms with Gasteiger partial charge in [0.25, 0.3) is 0 Å². The van der Waals surface area contributed by atoms with E-state index in [9.17, 15) is 4.79 Å². The van der Waals surface area contributed by atoms with E-state index < -0.39 is 14.8 Å². The predicted octanol–water partition coefficient (Wildman–Crippen LogP) is 2.02. The maximum Gasteiger partial charge on any atom is 0.500 e. The summed E-state index contributed by atoms with van der Waals surface area (Å²) < 4.78 is 21.2. The van der Waals surface area contributed by atoms with Gasteiger partial charge in [0.1, 0.15) is 0 Å². The lowest BCUT2D eigenvalue weighted by Crippen LogP contribution is -2.44. The van der Waals surface area contributed by atoms with Crippen LogP contribution in [0.25, 0.3) is 0 Å². The largest absolute Gasteiger partial charge is 0.500 e. The smallest absolute Gasteiger partial charge is 0.462 e. The van der Waals surface area contributed by atoms with Gasteiger partial charge < -0.3 is 23.3 Å². The van der Waals surface area contributed by atoms with Crippen LogP contribution >= 0.6 is 12.4 Å². The van der Waals surface area contributed by atoms with Gasteiger partial charge in [-0.2, -0.15) is 0 Å². The van der Waals surface area contributed by atoms with Crippen LogP contribution in [0.2, 0.25) is 6.04 Å². The van der Waals surface area contributed by atoms with Gasteiger partial charge in [-0.15, -0.1) is 12.4 Å². The third kappa shape index (κ3) is 14.3. The molecule has 0 aromatic rings. The van der Waals surface area contributed by atoms with Crippen LogP contribution in [0.15, 0.2) is 12.7 Å². The van der Waals surface area contributed by atoms with Crippen LogP contribution in [-0.2, 0) is 22.8 Å². The minimum Gasteiger partial charge on any atom is -0.462 e. The summed E-state index contributed by atoms with van der Waals surface area (Å²) >= 11 is 0. The van der Waals surface area contributed by atoms with Crippen molar-refractivity contribution in [1.29, 1.82) is 0 Å². The van der Waals surface area contributed by atoms with Crippen LogP contribution in [0.4, 0.5) is 0 Å². The molecule has 0 radical (unpaired) electrons. The zero-order valence-electron chi connectivity index (χ0n) is 13.8. The topological polar surface area (TPSA) is 66.0 Å². The third-order valence-corrected chi connectivity index (χ3v) is 5.20. The van der Waals surface area contributed by atoms with E-state index in [-0.39, 0.29) is 12.4 Å². The number of esters is 1. The molecule has 0 fully saturated rings. The van der Waals surface area contributed by atoms with Crippen LogP contribution in [0, 0.1) is 0 Å². The van der Waals surface area contributed by atoms with Gasteiger partial charge in [0.15, 0.2) is 0 Å². The molecule has 21 heavy (non-hydrogen) atoms. The van der Waals surface area contributed by atoms with E-state index in [0.29, 0.717) is 19.6 Å². The second-order valence-electron chi connectivity index (χ2n) is 3.91. The number of rotatable bonds is 10. The van der Waals surface area contributed by atoms with Gasteiger partial charge >= 0.3 is 14.8 Å². The Morgan fingerprint density at radius 2 is 1.76 bits per heavy atom. The normalized spacial score (nSPS) is 9.95. The highest BCUT2D eigenvalue weighted by Crippen LogP contribution is 2.15. The molecule has 0 aliphatic carbocycles. The van der Waals surface area contributed by atoms with E-state index in [2.05, 4.69) is 18.8 Å². The summed E-state index contributed by atoms with van der Waals surface area (Å²) in [6.45, 7) is 6.13. The number of hydrogen-bond acceptors (Lipinski definition) is 6. The average Bonchev–Trinajstić information content (AvgIpc) is 2.46. The van der Waals surface area contributed by atoms with Crippen LogP contribution < -0.4 is 5.32 Å². The number of carbonyl (C=O) groups excluding carboxylic acids is 1. The zero-order chi connectivity index (χ0) is 15.9. The van der Waals surface area contributed by atoms with Crippen molar-refractivity contribution in [2.75, 3.05) is 41.5 Å². The summed E-state index contributed by atoms with van der Waals surface area (Å²) in [4.78, 5) is 10.8. The molecule has 0 aliphatic rings. The van der Waals surface area contributed by atoms with Crippen molar-refractivity contribution in [2.45, 2.75) is 25.8 Å². The quantitative estimate of drug-likeness (QED) is 0.283. The summed E-state index contributed by atoms with van der Waals surface area (Å²) in [5, 5.41) is 2.75. The highest BCUT2D eigenvalue weighted by atomic mass is 35.5. The van der Waals surface area contributed by atoms with Gasteiger partial charge in [-0.25, -0.2) is 4.79 Å². The van der Waals surface area contributed by atoms with E-state index in [1.165, 1.54) is 0 Å². The Morgan fingerprint density at radius 1 is 1.24 bits per heavy atom. The fraction of sp³-hybridized carbons (Fsp3) is 0.769. The molecule has 0 atom stereocenters. The Kier molecular flexibility index (Phi) is 21.4. The summed E-state index contributed by atoms with van der Waals surface area (Å²) in [5.41, 5.74) is 0. The Bertz CT molecular complexity index is 253. The Morgan fingerprint density at radius 3 is 2.14 bits per heavy atom. The van der Waals surface area contributed by atoms with Gasteiger partial charge in [-0.3, -0.25) is 0 Å². The first-order valence-corrected chi connectivity index (χ1v) is 8.60. The summed E-state index contributed by atoms with van der Waals surface area (Å²) in [5.74, 6) is -0.416. The monoisotopic (exact) mass is 343 g/mol. The molecule has 6 nitrogen and oxygen atoms in total. The minimum atomic E-state index is -2.49. The molecule has 0 aromatic heterocycles. The van der Waals surface area contributed by atoms with Gasteiger partial charge in [-0.05, 0) is 14.1 Å². The molecular weight excluding hydrogens is 314 g/mol. The summed E-state index contributed by atoms with van der Waals surface area (Å²) in [6.07, 6.45) is 2.70. The second-order valence-corrected chi connectivity index (χ2v) is 6.89. The van der Waals surface area contributed by atoms with E-state index in [1.54, 1.807) is 14.2 Å². The standard InChI is InChI=1S/C11H22O5Si.C2H7N.ClH/c1-5-10-17(13-3,14-4)16-9-7-8-15-11(12)6-2;1-3-2;/h6H,2,5,7-10H2,1,3-4H3;3H,1-2H3;1H. The lowest BCUT2D eigenvalue weighted by molar-refractivity contribution is -0.138. The number of ether oxygens (including phenoxy) is 1. The average molecular weight is 344 g/mol. The third-order valence-electron chi connectivity index (χ3n) is 2.20. The maximum atomic E-state index is 10.8. The molecule has 0 bridgehead atoms. The van der Waals surface area contributed by atoms with Crippen molar-refractivity contribution in [1.82, 2.24) is 5.32 Å². The first-order valence-electron chi connectivity index (χ1n) is 6.67. The van der Waals surface area contributed by atoms with Crippen LogP contribution in [0.5, 0.6) is 0 Å². The maximum absolute atomic E-state index is 10.8. The molecule has 0 aliphatic heterocycles. The lowest BCUT2D eigenvalue weighted by atomic mass is 10.5. The van der Waals surface area contributed by atoms with Crippen LogP contribution in [0.3, 0.4) is 0 Å². The Hall–Kier alpha value is -0.443. The highest BCUT2D eigenvalue weighted by Gasteiger charge is 2.37. The zero-order valence-corrected chi connectivity index (χ0v) is 15.6. The molecule has 0 spiro atoms. The van der Waals surface area contributed by atoms with Crippen molar-refractivity contribution < 1.29 is 22.8 Å². The van der Waals surface area contributed by atoms with Crippen LogP contribution in [-0.4, -0.2) is 56.3 Å². The van der Waals surface area contributed by atoms with Gasteiger partial charge in [0.2, 0.25) is 0 Å². The van der Waals surface area contributed by atoms with Gasteiger partial charge in [0, 0.05) is 39.4 Å². The molecule has 0 rings (SSSR count). The van der Waals surface area contributed by atoms with E-state index in [0.717, 1.165) is 18.5 Å². The number of nitrogens with one attached hydrogen (secondary N) is 1.